The van der Waals surface area contributed by atoms with E-state index in [1.54, 1.807) is 14.2 Å². The summed E-state index contributed by atoms with van der Waals surface area (Å²) in [6, 6.07) is 9.58. The first-order valence-corrected chi connectivity index (χ1v) is 9.02. The molecule has 0 radical (unpaired) electrons. The molecule has 1 N–H and O–H groups in total. The van der Waals surface area contributed by atoms with Crippen molar-refractivity contribution in [2.75, 3.05) is 39.4 Å². The molecule has 0 saturated heterocycles. The van der Waals surface area contributed by atoms with Gasteiger partial charge < -0.3 is 29.0 Å². The van der Waals surface area contributed by atoms with Crippen LogP contribution >= 0.6 is 0 Å². The second-order valence-electron chi connectivity index (χ2n) is 6.73. The number of anilines is 1. The first-order chi connectivity index (χ1) is 13.7. The van der Waals surface area contributed by atoms with E-state index in [1.165, 1.54) is 0 Å². The Balaban J connectivity index is 1.71. The third kappa shape index (κ3) is 2.46. The van der Waals surface area contributed by atoms with Crippen molar-refractivity contribution >= 4 is 11.7 Å². The Morgan fingerprint density at radius 1 is 1.04 bits per heavy atom. The lowest BCUT2D eigenvalue weighted by atomic mass is 9.81. The molecule has 0 unspecified atom stereocenters. The van der Waals surface area contributed by atoms with Crippen LogP contribution in [0.15, 0.2) is 41.6 Å². The maximum atomic E-state index is 12.5. The predicted octanol–water partition coefficient (Wildman–Crippen LogP) is 2.84. The van der Waals surface area contributed by atoms with E-state index in [-0.39, 0.29) is 18.5 Å². The predicted molar refractivity (Wildman–Crippen MR) is 100 cm³/mol. The molecule has 0 bridgehead atoms. The van der Waals surface area contributed by atoms with Gasteiger partial charge >= 0.3 is 5.97 Å². The summed E-state index contributed by atoms with van der Waals surface area (Å²) in [5, 5.41) is 3.32. The minimum atomic E-state index is -0.317. The van der Waals surface area contributed by atoms with E-state index in [2.05, 4.69) is 5.32 Å². The van der Waals surface area contributed by atoms with Gasteiger partial charge in [0.25, 0.3) is 0 Å². The van der Waals surface area contributed by atoms with Crippen molar-refractivity contribution in [3.8, 4) is 23.0 Å². The van der Waals surface area contributed by atoms with Gasteiger partial charge in [-0.1, -0.05) is 6.07 Å². The maximum absolute atomic E-state index is 12.5. The van der Waals surface area contributed by atoms with Gasteiger partial charge in [0.2, 0.25) is 5.75 Å². The number of methoxy groups -OCH3 is 2. The van der Waals surface area contributed by atoms with Crippen molar-refractivity contribution < 1.29 is 28.5 Å². The molecule has 7 nitrogen and oxygen atoms in total. The molecule has 144 valence electrons. The summed E-state index contributed by atoms with van der Waals surface area (Å²) < 4.78 is 27.7. The summed E-state index contributed by atoms with van der Waals surface area (Å²) in [5.74, 6) is 1.89. The Kier molecular flexibility index (Phi) is 3.82. The molecule has 0 aliphatic carbocycles. The molecular formula is C21H19NO6. The van der Waals surface area contributed by atoms with Crippen LogP contribution in [0.3, 0.4) is 0 Å². The molecule has 0 amide bonds. The molecule has 28 heavy (non-hydrogen) atoms. The zero-order chi connectivity index (χ0) is 19.3. The fourth-order valence-electron chi connectivity index (χ4n) is 3.96. The van der Waals surface area contributed by atoms with E-state index in [0.29, 0.717) is 36.0 Å². The molecule has 3 aliphatic rings. The van der Waals surface area contributed by atoms with E-state index in [1.807, 2.05) is 30.3 Å². The summed E-state index contributed by atoms with van der Waals surface area (Å²) >= 11 is 0. The standard InChI is InChI=1S/C21H19NO6/c1-24-12-3-4-13-14(9-12)22-15-10-28-21(23)19(15)18(13)11-7-16(25-2)20-17(8-11)26-5-6-27-20/h3-4,7-9,18,22H,5-6,10H2,1-2H3/t18-/m1/s1. The summed E-state index contributed by atoms with van der Waals surface area (Å²) in [4.78, 5) is 12.5. The number of esters is 1. The van der Waals surface area contributed by atoms with E-state index in [4.69, 9.17) is 23.7 Å². The summed E-state index contributed by atoms with van der Waals surface area (Å²) in [7, 11) is 3.22. The number of nitrogens with one attached hydrogen (secondary N) is 1. The van der Waals surface area contributed by atoms with E-state index in [0.717, 1.165) is 28.3 Å². The molecule has 0 fully saturated rings. The molecule has 2 aromatic carbocycles. The highest BCUT2D eigenvalue weighted by atomic mass is 16.6. The second kappa shape index (κ2) is 6.37. The van der Waals surface area contributed by atoms with Crippen LogP contribution in [-0.2, 0) is 9.53 Å². The van der Waals surface area contributed by atoms with Gasteiger partial charge in [-0.2, -0.15) is 0 Å². The van der Waals surface area contributed by atoms with Crippen LogP contribution < -0.4 is 24.3 Å². The molecule has 7 heteroatoms. The number of cyclic esters (lactones) is 1. The van der Waals surface area contributed by atoms with Crippen molar-refractivity contribution in [2.45, 2.75) is 5.92 Å². The van der Waals surface area contributed by atoms with E-state index in [9.17, 15) is 4.79 Å². The molecule has 3 heterocycles. The average molecular weight is 381 g/mol. The van der Waals surface area contributed by atoms with Crippen LogP contribution in [-0.4, -0.2) is 40.0 Å². The monoisotopic (exact) mass is 381 g/mol. The Bertz CT molecular complexity index is 995. The average Bonchev–Trinajstić information content (AvgIpc) is 3.11. The van der Waals surface area contributed by atoms with E-state index < -0.39 is 0 Å². The Morgan fingerprint density at radius 2 is 1.89 bits per heavy atom. The second-order valence-corrected chi connectivity index (χ2v) is 6.73. The number of rotatable bonds is 3. The molecule has 5 rings (SSSR count). The molecule has 0 saturated carbocycles. The van der Waals surface area contributed by atoms with Gasteiger partial charge in [0.15, 0.2) is 11.5 Å². The number of hydrogen-bond donors (Lipinski definition) is 1. The van der Waals surface area contributed by atoms with Crippen LogP contribution in [0, 0.1) is 0 Å². The third-order valence-electron chi connectivity index (χ3n) is 5.22. The topological polar surface area (TPSA) is 75.3 Å². The lowest BCUT2D eigenvalue weighted by Crippen LogP contribution is -2.21. The SMILES string of the molecule is COc1ccc2c(c1)NC1=C(C(=O)OC1)[C@@H]2c1cc(OC)c2c(c1)OCCO2. The van der Waals surface area contributed by atoms with Crippen molar-refractivity contribution in [1.29, 1.82) is 0 Å². The molecule has 1 atom stereocenters. The van der Waals surface area contributed by atoms with Crippen LogP contribution in [0.4, 0.5) is 5.69 Å². The number of carbonyl (C=O) groups excluding carboxylic acids is 1. The van der Waals surface area contributed by atoms with E-state index >= 15 is 0 Å². The van der Waals surface area contributed by atoms with Gasteiger partial charge in [-0.15, -0.1) is 0 Å². The summed E-state index contributed by atoms with van der Waals surface area (Å²) in [6.45, 7) is 1.17. The lowest BCUT2D eigenvalue weighted by Gasteiger charge is -2.29. The molecule has 2 aromatic rings. The maximum Gasteiger partial charge on any atom is 0.337 e. The number of fused-ring (bicyclic) bond motifs is 2. The van der Waals surface area contributed by atoms with Gasteiger partial charge in [0.05, 0.1) is 25.5 Å². The molecule has 0 aromatic heterocycles. The highest BCUT2D eigenvalue weighted by Gasteiger charge is 2.39. The highest BCUT2D eigenvalue weighted by molar-refractivity contribution is 5.97. The van der Waals surface area contributed by atoms with Crippen molar-refractivity contribution in [1.82, 2.24) is 0 Å². The Morgan fingerprint density at radius 3 is 2.71 bits per heavy atom. The normalized spacial score (nSPS) is 19.4. The van der Waals surface area contributed by atoms with Gasteiger partial charge in [-0.3, -0.25) is 0 Å². The number of benzene rings is 2. The smallest absolute Gasteiger partial charge is 0.337 e. The Labute approximate surface area is 161 Å². The number of ether oxygens (including phenoxy) is 5. The fourth-order valence-corrected chi connectivity index (χ4v) is 3.96. The quantitative estimate of drug-likeness (QED) is 0.820. The first-order valence-electron chi connectivity index (χ1n) is 9.02. The van der Waals surface area contributed by atoms with Crippen LogP contribution in [0.2, 0.25) is 0 Å². The van der Waals surface area contributed by atoms with Crippen molar-refractivity contribution in [2.24, 2.45) is 0 Å². The minimum absolute atomic E-state index is 0.225. The largest absolute Gasteiger partial charge is 0.497 e. The number of carbonyl (C=O) groups is 1. The zero-order valence-corrected chi connectivity index (χ0v) is 15.5. The van der Waals surface area contributed by atoms with Gasteiger partial charge in [0, 0.05) is 17.7 Å². The van der Waals surface area contributed by atoms with Crippen LogP contribution in [0.1, 0.15) is 17.0 Å². The van der Waals surface area contributed by atoms with Crippen LogP contribution in [0.25, 0.3) is 0 Å². The van der Waals surface area contributed by atoms with Gasteiger partial charge in [-0.05, 0) is 29.3 Å². The van der Waals surface area contributed by atoms with Gasteiger partial charge in [0.1, 0.15) is 25.6 Å². The van der Waals surface area contributed by atoms with Crippen LogP contribution in [0.5, 0.6) is 23.0 Å². The summed E-state index contributed by atoms with van der Waals surface area (Å²) in [5.41, 5.74) is 4.09. The molecule has 0 spiro atoms. The van der Waals surface area contributed by atoms with Crippen molar-refractivity contribution in [3.63, 3.8) is 0 Å². The lowest BCUT2D eigenvalue weighted by molar-refractivity contribution is -0.136. The zero-order valence-electron chi connectivity index (χ0n) is 15.5. The Hall–Kier alpha value is -3.35. The highest BCUT2D eigenvalue weighted by Crippen LogP contribution is 2.49. The molecular weight excluding hydrogens is 362 g/mol. The first kappa shape index (κ1) is 16.8. The minimum Gasteiger partial charge on any atom is -0.497 e. The third-order valence-corrected chi connectivity index (χ3v) is 5.22. The summed E-state index contributed by atoms with van der Waals surface area (Å²) in [6.07, 6.45) is 0. The van der Waals surface area contributed by atoms with Gasteiger partial charge in [-0.25, -0.2) is 4.79 Å². The number of hydrogen-bond acceptors (Lipinski definition) is 7. The van der Waals surface area contributed by atoms with Crippen molar-refractivity contribution in [3.05, 3.63) is 52.7 Å². The molecule has 3 aliphatic heterocycles. The fraction of sp³-hybridized carbons (Fsp3) is 0.286.